The lowest BCUT2D eigenvalue weighted by molar-refractivity contribution is -0.149. The lowest BCUT2D eigenvalue weighted by Crippen LogP contribution is -2.48. The van der Waals surface area contributed by atoms with E-state index in [1.54, 1.807) is 32.0 Å². The molecule has 37 heavy (non-hydrogen) atoms. The zero-order valence-corrected chi connectivity index (χ0v) is 20.2. The van der Waals surface area contributed by atoms with Crippen molar-refractivity contribution < 1.29 is 31.7 Å². The first kappa shape index (κ1) is 24.8. The van der Waals surface area contributed by atoms with Gasteiger partial charge in [0.25, 0.3) is 0 Å². The lowest BCUT2D eigenvalue weighted by Gasteiger charge is -2.23. The van der Waals surface area contributed by atoms with E-state index in [0.717, 1.165) is 16.7 Å². The molecule has 0 saturated carbocycles. The number of alkyl halides is 3. The van der Waals surface area contributed by atoms with Gasteiger partial charge < -0.3 is 19.5 Å². The third-order valence-electron chi connectivity index (χ3n) is 6.40. The normalized spacial score (nSPS) is 14.5. The number of nitrogens with two attached hydrogens (primary N) is 1. The van der Waals surface area contributed by atoms with Gasteiger partial charge in [-0.3, -0.25) is 4.79 Å². The number of hydrogen-bond acceptors (Lipinski definition) is 7. The summed E-state index contributed by atoms with van der Waals surface area (Å²) in [5.74, 6) is -0.917. The Bertz CT molecular complexity index is 1460. The van der Waals surface area contributed by atoms with Crippen LogP contribution in [0.2, 0.25) is 0 Å². The summed E-state index contributed by atoms with van der Waals surface area (Å²) in [5.41, 5.74) is 7.34. The molecule has 2 heterocycles. The summed E-state index contributed by atoms with van der Waals surface area (Å²) in [6.07, 6.45) is -3.52. The van der Waals surface area contributed by atoms with Gasteiger partial charge >= 0.3 is 12.1 Å². The molecule has 0 amide bonds. The van der Waals surface area contributed by atoms with E-state index in [2.05, 4.69) is 10.3 Å². The molecule has 2 aromatic heterocycles. The van der Waals surface area contributed by atoms with Gasteiger partial charge in [-0.1, -0.05) is 58.8 Å². The van der Waals surface area contributed by atoms with Crippen LogP contribution in [0.4, 0.5) is 13.2 Å². The highest BCUT2D eigenvalue weighted by atomic mass is 19.4. The maximum atomic E-state index is 14.2. The fraction of sp³-hybridized carbons (Fsp3) is 0.296. The van der Waals surface area contributed by atoms with Gasteiger partial charge in [0, 0.05) is 23.1 Å². The van der Waals surface area contributed by atoms with E-state index in [1.807, 2.05) is 18.2 Å². The number of aromatic nitrogens is 2. The van der Waals surface area contributed by atoms with Crippen LogP contribution in [0.25, 0.3) is 34.0 Å². The Labute approximate surface area is 210 Å². The highest BCUT2D eigenvalue weighted by Gasteiger charge is 2.43. The first-order valence-electron chi connectivity index (χ1n) is 11.8. The van der Waals surface area contributed by atoms with Gasteiger partial charge in [-0.05, 0) is 37.8 Å². The number of aryl methyl sites for hydroxylation is 1. The summed E-state index contributed by atoms with van der Waals surface area (Å²) in [4.78, 5) is 12.2. The van der Waals surface area contributed by atoms with Crippen molar-refractivity contribution in [1.82, 2.24) is 10.3 Å². The molecule has 1 atom stereocenters. The smallest absolute Gasteiger partial charge is 0.422 e. The number of carbonyl (C=O) groups excluding carboxylic acids is 1. The SMILES string of the molecule is CCOC(=O)C(C)(N)Cc1ccc2c(c1)CCc1c-2noc1-c1noc(-c2ccccc2)c1C(F)(F)F. The van der Waals surface area contributed by atoms with Crippen molar-refractivity contribution in [3.63, 3.8) is 0 Å². The quantitative estimate of drug-likeness (QED) is 0.336. The molecule has 2 aromatic carbocycles. The van der Waals surface area contributed by atoms with Crippen molar-refractivity contribution in [2.24, 2.45) is 5.73 Å². The van der Waals surface area contributed by atoms with Crippen molar-refractivity contribution >= 4 is 5.97 Å². The Balaban J connectivity index is 1.51. The summed E-state index contributed by atoms with van der Waals surface area (Å²) in [7, 11) is 0. The molecule has 0 aliphatic heterocycles. The van der Waals surface area contributed by atoms with E-state index >= 15 is 0 Å². The molecule has 7 nitrogen and oxygen atoms in total. The third-order valence-corrected chi connectivity index (χ3v) is 6.40. The van der Waals surface area contributed by atoms with E-state index < -0.39 is 28.9 Å². The molecule has 0 spiro atoms. The average Bonchev–Trinajstić information content (AvgIpc) is 3.49. The summed E-state index contributed by atoms with van der Waals surface area (Å²) < 4.78 is 58.2. The molecule has 4 aromatic rings. The van der Waals surface area contributed by atoms with Crippen molar-refractivity contribution in [2.45, 2.75) is 44.8 Å². The number of rotatable bonds is 6. The van der Waals surface area contributed by atoms with Crippen molar-refractivity contribution in [1.29, 1.82) is 0 Å². The van der Waals surface area contributed by atoms with Gasteiger partial charge in [0.1, 0.15) is 16.8 Å². The van der Waals surface area contributed by atoms with Crippen LogP contribution in [-0.4, -0.2) is 28.4 Å². The van der Waals surface area contributed by atoms with Gasteiger partial charge in [0.2, 0.25) is 0 Å². The van der Waals surface area contributed by atoms with Crippen LogP contribution in [0.5, 0.6) is 0 Å². The second-order valence-corrected chi connectivity index (χ2v) is 9.24. The van der Waals surface area contributed by atoms with Crippen LogP contribution in [0.3, 0.4) is 0 Å². The van der Waals surface area contributed by atoms with E-state index in [1.165, 1.54) is 12.1 Å². The topological polar surface area (TPSA) is 104 Å². The number of halogens is 3. The minimum absolute atomic E-state index is 0.0557. The third kappa shape index (κ3) is 4.53. The summed E-state index contributed by atoms with van der Waals surface area (Å²) in [6.45, 7) is 3.57. The molecule has 0 fully saturated rings. The standard InChI is InChI=1S/C27H24F3N3O4/c1-3-35-25(34)26(2,31)14-15-9-11-18-17(13-15)10-12-19-21(18)32-37-24(19)22-20(27(28,29)30)23(36-33-22)16-7-5-4-6-8-16/h4-9,11,13H,3,10,12,14,31H2,1-2H3. The molecule has 1 unspecified atom stereocenters. The Hall–Kier alpha value is -3.92. The number of esters is 1. The Kier molecular flexibility index (Phi) is 6.15. The predicted octanol–water partition coefficient (Wildman–Crippen LogP) is 5.60. The highest BCUT2D eigenvalue weighted by molar-refractivity contribution is 5.81. The van der Waals surface area contributed by atoms with E-state index in [9.17, 15) is 18.0 Å². The molecule has 0 radical (unpaired) electrons. The van der Waals surface area contributed by atoms with Crippen molar-refractivity contribution in [3.8, 4) is 34.0 Å². The first-order valence-corrected chi connectivity index (χ1v) is 11.8. The molecule has 10 heteroatoms. The summed E-state index contributed by atoms with van der Waals surface area (Å²) in [6, 6.07) is 13.6. The summed E-state index contributed by atoms with van der Waals surface area (Å²) >= 11 is 0. The molecular formula is C27H24F3N3O4. The Morgan fingerprint density at radius 2 is 1.73 bits per heavy atom. The van der Waals surface area contributed by atoms with E-state index in [0.29, 0.717) is 24.1 Å². The van der Waals surface area contributed by atoms with Gasteiger partial charge in [-0.15, -0.1) is 0 Å². The number of benzene rings is 2. The maximum Gasteiger partial charge on any atom is 0.422 e. The molecule has 5 rings (SSSR count). The molecular weight excluding hydrogens is 487 g/mol. The second kappa shape index (κ2) is 9.19. The second-order valence-electron chi connectivity index (χ2n) is 9.24. The molecule has 192 valence electrons. The van der Waals surface area contributed by atoms with Gasteiger partial charge in [0.05, 0.1) is 6.61 Å². The molecule has 2 N–H and O–H groups in total. The van der Waals surface area contributed by atoms with Crippen LogP contribution < -0.4 is 5.73 Å². The number of carbonyl (C=O) groups is 1. The zero-order valence-electron chi connectivity index (χ0n) is 20.2. The van der Waals surface area contributed by atoms with Gasteiger partial charge in [-0.2, -0.15) is 13.2 Å². The highest BCUT2D eigenvalue weighted by Crippen LogP contribution is 2.46. The maximum absolute atomic E-state index is 14.2. The van der Waals surface area contributed by atoms with Crippen LogP contribution in [0, 0.1) is 0 Å². The largest absolute Gasteiger partial charge is 0.465 e. The molecule has 0 saturated heterocycles. The van der Waals surface area contributed by atoms with Gasteiger partial charge in [0.15, 0.2) is 17.2 Å². The van der Waals surface area contributed by atoms with E-state index in [4.69, 9.17) is 19.5 Å². The molecule has 1 aliphatic carbocycles. The minimum Gasteiger partial charge on any atom is -0.465 e. The number of fused-ring (bicyclic) bond motifs is 3. The zero-order chi connectivity index (χ0) is 26.4. The molecule has 1 aliphatic rings. The average molecular weight is 512 g/mol. The Morgan fingerprint density at radius 1 is 1.03 bits per heavy atom. The number of ether oxygens (including phenoxy) is 1. The van der Waals surface area contributed by atoms with Crippen LogP contribution in [0.1, 0.15) is 36.1 Å². The Morgan fingerprint density at radius 3 is 2.43 bits per heavy atom. The van der Waals surface area contributed by atoms with Crippen LogP contribution in [-0.2, 0) is 35.0 Å². The summed E-state index contributed by atoms with van der Waals surface area (Å²) in [5, 5.41) is 7.88. The fourth-order valence-corrected chi connectivity index (χ4v) is 4.68. The first-order chi connectivity index (χ1) is 17.6. The fourth-order valence-electron chi connectivity index (χ4n) is 4.68. The monoisotopic (exact) mass is 511 g/mol. The lowest BCUT2D eigenvalue weighted by atomic mass is 9.85. The number of hydrogen-bond donors (Lipinski definition) is 1. The van der Waals surface area contributed by atoms with Crippen molar-refractivity contribution in [2.75, 3.05) is 6.61 Å². The van der Waals surface area contributed by atoms with E-state index in [-0.39, 0.29) is 30.1 Å². The van der Waals surface area contributed by atoms with Crippen LogP contribution >= 0.6 is 0 Å². The van der Waals surface area contributed by atoms with Crippen LogP contribution in [0.15, 0.2) is 57.6 Å². The van der Waals surface area contributed by atoms with Crippen molar-refractivity contribution in [3.05, 3.63) is 70.8 Å². The molecule has 0 bridgehead atoms. The number of nitrogens with zero attached hydrogens (tertiary/aromatic N) is 2. The minimum atomic E-state index is -4.73. The predicted molar refractivity (Wildman–Crippen MR) is 128 cm³/mol. The van der Waals surface area contributed by atoms with Gasteiger partial charge in [-0.25, -0.2) is 0 Å².